The first-order valence-electron chi connectivity index (χ1n) is 9.59. The number of pyridine rings is 1. The molecular formula is C19H15ClF6N6O2. The summed E-state index contributed by atoms with van der Waals surface area (Å²) in [5.74, 6) is 0. The molecule has 2 atom stereocenters. The number of aliphatic hydroxyl groups is 1. The van der Waals surface area contributed by atoms with Gasteiger partial charge in [0.1, 0.15) is 11.1 Å². The second kappa shape index (κ2) is 7.70. The number of nitrogens with zero attached hydrogens (tertiary/aromatic N) is 5. The number of amides is 2. The molecule has 15 heteroatoms. The van der Waals surface area contributed by atoms with E-state index < -0.39 is 53.5 Å². The summed E-state index contributed by atoms with van der Waals surface area (Å²) in [6, 6.07) is 1.60. The van der Waals surface area contributed by atoms with E-state index in [1.165, 1.54) is 13.0 Å². The summed E-state index contributed by atoms with van der Waals surface area (Å²) in [6.07, 6.45) is -10.1. The Bertz CT molecular complexity index is 1290. The molecule has 8 nitrogen and oxygen atoms in total. The van der Waals surface area contributed by atoms with Gasteiger partial charge in [-0.1, -0.05) is 11.6 Å². The maximum atomic E-state index is 14.1. The van der Waals surface area contributed by atoms with E-state index in [4.69, 9.17) is 11.6 Å². The lowest BCUT2D eigenvalue weighted by Crippen LogP contribution is -2.46. The van der Waals surface area contributed by atoms with Crippen LogP contribution >= 0.6 is 11.6 Å². The zero-order valence-electron chi connectivity index (χ0n) is 17.3. The van der Waals surface area contributed by atoms with Gasteiger partial charge in [-0.15, -0.1) is 0 Å². The Morgan fingerprint density at radius 3 is 2.50 bits per heavy atom. The van der Waals surface area contributed by atoms with Gasteiger partial charge in [0.15, 0.2) is 10.8 Å². The van der Waals surface area contributed by atoms with Crippen LogP contribution in [0.25, 0.3) is 5.65 Å². The molecule has 0 aromatic carbocycles. The number of anilines is 2. The topological polar surface area (TPSA) is 95.7 Å². The first-order chi connectivity index (χ1) is 15.6. The third kappa shape index (κ3) is 3.90. The molecule has 0 bridgehead atoms. The van der Waals surface area contributed by atoms with Crippen molar-refractivity contribution in [2.45, 2.75) is 37.7 Å². The average Bonchev–Trinajstić information content (AvgIpc) is 3.24. The van der Waals surface area contributed by atoms with Gasteiger partial charge >= 0.3 is 18.4 Å². The minimum atomic E-state index is -4.89. The summed E-state index contributed by atoms with van der Waals surface area (Å²) < 4.78 is 82.9. The average molecular weight is 509 g/mol. The summed E-state index contributed by atoms with van der Waals surface area (Å²) in [6.45, 7) is 1.15. The van der Waals surface area contributed by atoms with Crippen molar-refractivity contribution in [3.05, 3.63) is 46.6 Å². The monoisotopic (exact) mass is 508 g/mol. The number of alkyl halides is 6. The highest BCUT2D eigenvalue weighted by atomic mass is 35.5. The molecule has 0 saturated heterocycles. The van der Waals surface area contributed by atoms with Crippen LogP contribution < -0.4 is 10.2 Å². The summed E-state index contributed by atoms with van der Waals surface area (Å²) in [4.78, 5) is 21.0. The Morgan fingerprint density at radius 1 is 1.24 bits per heavy atom. The molecule has 4 heterocycles. The van der Waals surface area contributed by atoms with Crippen LogP contribution in [0.3, 0.4) is 0 Å². The quantitative estimate of drug-likeness (QED) is 0.488. The summed E-state index contributed by atoms with van der Waals surface area (Å²) in [5, 5.41) is 15.6. The van der Waals surface area contributed by atoms with Crippen LogP contribution in [0, 0.1) is 0 Å². The van der Waals surface area contributed by atoms with Gasteiger partial charge in [-0.3, -0.25) is 4.90 Å². The van der Waals surface area contributed by atoms with E-state index in [1.54, 1.807) is 0 Å². The van der Waals surface area contributed by atoms with Crippen molar-refractivity contribution in [2.75, 3.05) is 16.8 Å². The molecule has 1 aliphatic rings. The number of carbonyl (C=O) groups excluding carboxylic acids is 1. The maximum absolute atomic E-state index is 14.1. The fourth-order valence-electron chi connectivity index (χ4n) is 3.67. The minimum Gasteiger partial charge on any atom is -0.387 e. The first kappa shape index (κ1) is 24.0. The molecule has 1 aliphatic heterocycles. The number of rotatable bonds is 2. The number of aromatic nitrogens is 4. The Morgan fingerprint density at radius 2 is 1.91 bits per heavy atom. The van der Waals surface area contributed by atoms with Gasteiger partial charge in [0.05, 0.1) is 29.4 Å². The molecule has 0 fully saturated rings. The molecule has 2 N–H and O–H groups in total. The van der Waals surface area contributed by atoms with Crippen LogP contribution in [0.4, 0.5) is 42.5 Å². The smallest absolute Gasteiger partial charge is 0.387 e. The van der Waals surface area contributed by atoms with E-state index in [1.807, 2.05) is 0 Å². The van der Waals surface area contributed by atoms with Crippen molar-refractivity contribution in [3.63, 3.8) is 0 Å². The Hall–Kier alpha value is -3.13. The van der Waals surface area contributed by atoms with E-state index >= 15 is 0 Å². The van der Waals surface area contributed by atoms with E-state index in [-0.39, 0.29) is 22.2 Å². The lowest BCUT2D eigenvalue weighted by Gasteiger charge is -2.28. The van der Waals surface area contributed by atoms with Gasteiger partial charge in [0.25, 0.3) is 0 Å². The molecule has 34 heavy (non-hydrogen) atoms. The third-order valence-electron chi connectivity index (χ3n) is 5.41. The number of hydrogen-bond donors (Lipinski definition) is 2. The Labute approximate surface area is 192 Å². The van der Waals surface area contributed by atoms with Crippen LogP contribution in [0.2, 0.25) is 5.15 Å². The predicted octanol–water partition coefficient (Wildman–Crippen LogP) is 4.72. The van der Waals surface area contributed by atoms with E-state index in [2.05, 4.69) is 20.4 Å². The highest BCUT2D eigenvalue weighted by molar-refractivity contribution is 6.29. The molecule has 0 aliphatic carbocycles. The van der Waals surface area contributed by atoms with Crippen LogP contribution in [0.5, 0.6) is 0 Å². The first-order valence-corrected chi connectivity index (χ1v) is 9.97. The van der Waals surface area contributed by atoms with Crippen molar-refractivity contribution < 1.29 is 36.2 Å². The number of nitrogens with one attached hydrogen (secondary N) is 1. The van der Waals surface area contributed by atoms with Crippen molar-refractivity contribution in [3.8, 4) is 0 Å². The predicted molar refractivity (Wildman–Crippen MR) is 108 cm³/mol. The number of aliphatic hydroxyl groups excluding tert-OH is 1. The second-order valence-corrected chi connectivity index (χ2v) is 8.30. The van der Waals surface area contributed by atoms with Crippen LogP contribution in [-0.4, -0.2) is 43.4 Å². The number of carbonyl (C=O) groups is 1. The van der Waals surface area contributed by atoms with Gasteiger partial charge in [-0.05, 0) is 26.0 Å². The fourth-order valence-corrected chi connectivity index (χ4v) is 3.84. The van der Waals surface area contributed by atoms with Gasteiger partial charge in [0, 0.05) is 18.3 Å². The molecule has 182 valence electrons. The van der Waals surface area contributed by atoms with Gasteiger partial charge < -0.3 is 10.4 Å². The van der Waals surface area contributed by atoms with Crippen molar-refractivity contribution >= 4 is 34.7 Å². The SMILES string of the molecule is C[C@@H](O)c1cc(NC(=O)N2C[C@@](C)(C(F)(F)F)c3c2cnc2cc(Cl)nn32)cc(C(F)(F)F)n1. The highest BCUT2D eigenvalue weighted by Gasteiger charge is 2.60. The molecular weight excluding hydrogens is 494 g/mol. The van der Waals surface area contributed by atoms with E-state index in [9.17, 15) is 36.2 Å². The van der Waals surface area contributed by atoms with E-state index in [0.29, 0.717) is 11.0 Å². The maximum Gasteiger partial charge on any atom is 0.433 e. The molecule has 0 radical (unpaired) electrons. The molecule has 0 unspecified atom stereocenters. The molecule has 3 aromatic heterocycles. The highest BCUT2D eigenvalue weighted by Crippen LogP contribution is 2.50. The van der Waals surface area contributed by atoms with Crippen LogP contribution in [0.1, 0.15) is 37.0 Å². The lowest BCUT2D eigenvalue weighted by atomic mass is 9.88. The minimum absolute atomic E-state index is 0.0204. The summed E-state index contributed by atoms with van der Waals surface area (Å²) >= 11 is 5.83. The summed E-state index contributed by atoms with van der Waals surface area (Å²) in [5.41, 5.74) is -5.41. The molecule has 0 spiro atoms. The number of halogens is 7. The normalized spacial score (nSPS) is 19.4. The fraction of sp³-hybridized carbons (Fsp3) is 0.368. The molecule has 4 rings (SSSR count). The number of hydrogen-bond acceptors (Lipinski definition) is 5. The largest absolute Gasteiger partial charge is 0.433 e. The Kier molecular flexibility index (Phi) is 5.44. The van der Waals surface area contributed by atoms with Gasteiger partial charge in [0.2, 0.25) is 0 Å². The molecule has 2 amide bonds. The van der Waals surface area contributed by atoms with Crippen molar-refractivity contribution in [2.24, 2.45) is 0 Å². The van der Waals surface area contributed by atoms with Gasteiger partial charge in [-0.25, -0.2) is 19.3 Å². The Balaban J connectivity index is 1.78. The van der Waals surface area contributed by atoms with Gasteiger partial charge in [-0.2, -0.15) is 31.4 Å². The molecule has 0 saturated carbocycles. The lowest BCUT2D eigenvalue weighted by molar-refractivity contribution is -0.181. The standard InChI is InChI=1S/C19H15ClF6N6O2/c1-8(33)10-3-9(4-12(29-10)18(21,22)23)28-16(34)31-7-17(2,19(24,25)26)15-11(31)6-27-14-5-13(20)30-32(14)15/h3-6,8,33H,7H2,1-2H3,(H,28,29,34)/t8-,17-/m1/s1. The zero-order chi connectivity index (χ0) is 25.2. The van der Waals surface area contributed by atoms with E-state index in [0.717, 1.165) is 23.7 Å². The second-order valence-electron chi connectivity index (χ2n) is 7.91. The number of urea groups is 1. The summed E-state index contributed by atoms with van der Waals surface area (Å²) in [7, 11) is 0. The molecule has 3 aromatic rings. The third-order valence-corrected chi connectivity index (χ3v) is 5.59. The van der Waals surface area contributed by atoms with Crippen molar-refractivity contribution in [1.29, 1.82) is 0 Å². The number of fused-ring (bicyclic) bond motifs is 3. The zero-order valence-corrected chi connectivity index (χ0v) is 18.1. The van der Waals surface area contributed by atoms with Crippen LogP contribution in [0.15, 0.2) is 24.4 Å². The van der Waals surface area contributed by atoms with Crippen LogP contribution in [-0.2, 0) is 11.6 Å². The van der Waals surface area contributed by atoms with Crippen molar-refractivity contribution in [1.82, 2.24) is 19.6 Å².